The maximum atomic E-state index is 11.7. The molecule has 1 heterocycles. The van der Waals surface area contributed by atoms with Crippen molar-refractivity contribution in [3.05, 3.63) is 0 Å². The van der Waals surface area contributed by atoms with Crippen LogP contribution < -0.4 is 11.1 Å². The molecular formula is C14H29N3O. The molecule has 2 atom stereocenters. The third-order valence-corrected chi connectivity index (χ3v) is 4.02. The van der Waals surface area contributed by atoms with Gasteiger partial charge in [-0.1, -0.05) is 19.8 Å². The van der Waals surface area contributed by atoms with Crippen molar-refractivity contribution in [1.29, 1.82) is 0 Å². The van der Waals surface area contributed by atoms with Gasteiger partial charge in [0.1, 0.15) is 5.54 Å². The van der Waals surface area contributed by atoms with Gasteiger partial charge in [0.2, 0.25) is 5.91 Å². The van der Waals surface area contributed by atoms with Crippen LogP contribution in [-0.4, -0.2) is 42.0 Å². The topological polar surface area (TPSA) is 58.4 Å². The minimum absolute atomic E-state index is 0.243. The first kappa shape index (κ1) is 15.4. The fraction of sp³-hybridized carbons (Fsp3) is 0.929. The van der Waals surface area contributed by atoms with Gasteiger partial charge in [0.05, 0.1) is 0 Å². The Kier molecular flexibility index (Phi) is 6.09. The normalized spacial score (nSPS) is 25.4. The Morgan fingerprint density at radius 1 is 1.44 bits per heavy atom. The maximum Gasteiger partial charge on any atom is 0.238 e. The molecule has 1 aliphatic rings. The molecule has 4 nitrogen and oxygen atoms in total. The number of nitrogens with one attached hydrogen (secondary N) is 1. The van der Waals surface area contributed by atoms with Crippen molar-refractivity contribution in [2.75, 3.05) is 19.6 Å². The van der Waals surface area contributed by atoms with Gasteiger partial charge in [0.25, 0.3) is 0 Å². The van der Waals surface area contributed by atoms with Crippen molar-refractivity contribution in [3.8, 4) is 0 Å². The number of likely N-dealkylation sites (tertiary alicyclic amines) is 1. The number of amides is 1. The van der Waals surface area contributed by atoms with Crippen molar-refractivity contribution in [2.45, 2.75) is 64.5 Å². The number of hydrogen-bond donors (Lipinski definition) is 2. The van der Waals surface area contributed by atoms with Crippen LogP contribution in [0.2, 0.25) is 0 Å². The van der Waals surface area contributed by atoms with Gasteiger partial charge in [-0.25, -0.2) is 0 Å². The second kappa shape index (κ2) is 7.10. The van der Waals surface area contributed by atoms with E-state index in [0.717, 1.165) is 26.1 Å². The van der Waals surface area contributed by atoms with Crippen LogP contribution >= 0.6 is 0 Å². The van der Waals surface area contributed by atoms with Crippen LogP contribution in [-0.2, 0) is 4.79 Å². The summed E-state index contributed by atoms with van der Waals surface area (Å²) in [7, 11) is 0. The summed E-state index contributed by atoms with van der Waals surface area (Å²) in [6.45, 7) is 8.93. The summed E-state index contributed by atoms with van der Waals surface area (Å²) in [4.78, 5) is 14.1. The second-order valence-electron chi connectivity index (χ2n) is 5.79. The van der Waals surface area contributed by atoms with Crippen LogP contribution in [0.25, 0.3) is 0 Å². The summed E-state index contributed by atoms with van der Waals surface area (Å²) in [5.74, 6) is -0.243. The first-order chi connectivity index (χ1) is 8.49. The van der Waals surface area contributed by atoms with Gasteiger partial charge in [-0.15, -0.1) is 0 Å². The van der Waals surface area contributed by atoms with Crippen LogP contribution in [0.1, 0.15) is 52.9 Å². The molecule has 2 unspecified atom stereocenters. The summed E-state index contributed by atoms with van der Waals surface area (Å²) in [5, 5.41) is 3.32. The van der Waals surface area contributed by atoms with Gasteiger partial charge in [-0.3, -0.25) is 9.69 Å². The van der Waals surface area contributed by atoms with Gasteiger partial charge >= 0.3 is 0 Å². The van der Waals surface area contributed by atoms with Crippen molar-refractivity contribution in [1.82, 2.24) is 10.2 Å². The molecule has 0 aliphatic carbocycles. The van der Waals surface area contributed by atoms with E-state index in [2.05, 4.69) is 24.1 Å². The summed E-state index contributed by atoms with van der Waals surface area (Å²) < 4.78 is 0. The van der Waals surface area contributed by atoms with E-state index in [1.165, 1.54) is 25.7 Å². The Hall–Kier alpha value is -0.610. The quantitative estimate of drug-likeness (QED) is 0.756. The number of rotatable bonds is 6. The average Bonchev–Trinajstić information content (AvgIpc) is 2.52. The molecule has 0 aromatic rings. The molecule has 0 spiro atoms. The van der Waals surface area contributed by atoms with Crippen LogP contribution in [0.15, 0.2) is 0 Å². The van der Waals surface area contributed by atoms with Gasteiger partial charge in [0, 0.05) is 12.6 Å². The minimum Gasteiger partial charge on any atom is -0.368 e. The second-order valence-corrected chi connectivity index (χ2v) is 5.79. The van der Waals surface area contributed by atoms with Gasteiger partial charge in [-0.2, -0.15) is 0 Å². The highest BCUT2D eigenvalue weighted by Crippen LogP contribution is 2.19. The van der Waals surface area contributed by atoms with Crippen LogP contribution in [0.4, 0.5) is 0 Å². The average molecular weight is 255 g/mol. The van der Waals surface area contributed by atoms with Crippen molar-refractivity contribution < 1.29 is 4.79 Å². The Morgan fingerprint density at radius 2 is 2.17 bits per heavy atom. The Morgan fingerprint density at radius 3 is 2.78 bits per heavy atom. The molecule has 3 N–H and O–H groups in total. The summed E-state index contributed by atoms with van der Waals surface area (Å²) in [5.41, 5.74) is 4.98. The third-order valence-electron chi connectivity index (χ3n) is 4.02. The standard InChI is InChI=1S/C14H29N3O/c1-4-9-16-14(3,13(15)18)11-17-10-7-5-6-8-12(17)2/h12,16H,4-11H2,1-3H3,(H2,15,18). The highest BCUT2D eigenvalue weighted by Gasteiger charge is 2.34. The molecule has 18 heavy (non-hydrogen) atoms. The van der Waals surface area contributed by atoms with E-state index >= 15 is 0 Å². The molecule has 0 aromatic carbocycles. The highest BCUT2D eigenvalue weighted by atomic mass is 16.1. The van der Waals surface area contributed by atoms with E-state index in [0.29, 0.717) is 6.04 Å². The molecule has 0 bridgehead atoms. The van der Waals surface area contributed by atoms with Crippen LogP contribution in [0.3, 0.4) is 0 Å². The maximum absolute atomic E-state index is 11.7. The van der Waals surface area contributed by atoms with E-state index in [-0.39, 0.29) is 5.91 Å². The first-order valence-electron chi connectivity index (χ1n) is 7.28. The Labute approximate surface area is 111 Å². The molecule has 1 rings (SSSR count). The molecule has 4 heteroatoms. The Bertz CT molecular complexity index is 270. The van der Waals surface area contributed by atoms with Crippen molar-refractivity contribution in [3.63, 3.8) is 0 Å². The zero-order chi connectivity index (χ0) is 13.6. The SMILES string of the molecule is CCCNC(C)(CN1CCCCCC1C)C(N)=O. The molecular weight excluding hydrogens is 226 g/mol. The van der Waals surface area contributed by atoms with E-state index in [1.807, 2.05) is 6.92 Å². The number of nitrogens with two attached hydrogens (primary N) is 1. The third kappa shape index (κ3) is 4.25. The highest BCUT2D eigenvalue weighted by molar-refractivity contribution is 5.84. The number of nitrogens with zero attached hydrogens (tertiary/aromatic N) is 1. The Balaban J connectivity index is 2.66. The number of carbonyl (C=O) groups is 1. The van der Waals surface area contributed by atoms with Gasteiger partial charge in [0.15, 0.2) is 0 Å². The lowest BCUT2D eigenvalue weighted by atomic mass is 9.99. The number of carbonyl (C=O) groups excluding carboxylic acids is 1. The van der Waals surface area contributed by atoms with Crippen molar-refractivity contribution in [2.24, 2.45) is 5.73 Å². The monoisotopic (exact) mass is 255 g/mol. The number of hydrogen-bond acceptors (Lipinski definition) is 3. The first-order valence-corrected chi connectivity index (χ1v) is 7.28. The molecule has 0 radical (unpaired) electrons. The summed E-state index contributed by atoms with van der Waals surface area (Å²) in [6.07, 6.45) is 6.07. The van der Waals surface area contributed by atoms with Crippen molar-refractivity contribution >= 4 is 5.91 Å². The molecule has 1 amide bonds. The van der Waals surface area contributed by atoms with E-state index in [4.69, 9.17) is 5.73 Å². The lowest BCUT2D eigenvalue weighted by molar-refractivity contribution is -0.124. The van der Waals surface area contributed by atoms with Crippen LogP contribution in [0, 0.1) is 0 Å². The fourth-order valence-corrected chi connectivity index (χ4v) is 2.60. The lowest BCUT2D eigenvalue weighted by Gasteiger charge is -2.36. The summed E-state index contributed by atoms with van der Waals surface area (Å²) in [6, 6.07) is 0.551. The predicted octanol–water partition coefficient (Wildman–Crippen LogP) is 1.49. The fourth-order valence-electron chi connectivity index (χ4n) is 2.60. The molecule has 0 saturated carbocycles. The zero-order valence-electron chi connectivity index (χ0n) is 12.2. The van der Waals surface area contributed by atoms with E-state index in [9.17, 15) is 4.79 Å². The van der Waals surface area contributed by atoms with Gasteiger partial charge < -0.3 is 11.1 Å². The minimum atomic E-state index is -0.603. The molecule has 1 aliphatic heterocycles. The van der Waals surface area contributed by atoms with Crippen LogP contribution in [0.5, 0.6) is 0 Å². The van der Waals surface area contributed by atoms with E-state index in [1.54, 1.807) is 0 Å². The molecule has 1 fully saturated rings. The molecule has 106 valence electrons. The molecule has 1 saturated heterocycles. The van der Waals surface area contributed by atoms with Gasteiger partial charge in [-0.05, 0) is 46.2 Å². The summed E-state index contributed by atoms with van der Waals surface area (Å²) >= 11 is 0. The predicted molar refractivity (Wildman–Crippen MR) is 75.4 cm³/mol. The smallest absolute Gasteiger partial charge is 0.238 e. The largest absolute Gasteiger partial charge is 0.368 e. The number of primary amides is 1. The molecule has 0 aromatic heterocycles. The zero-order valence-corrected chi connectivity index (χ0v) is 12.2. The lowest BCUT2D eigenvalue weighted by Crippen LogP contribution is -2.60. The van der Waals surface area contributed by atoms with E-state index < -0.39 is 5.54 Å².